The fourth-order valence-corrected chi connectivity index (χ4v) is 6.71. The molecule has 4 aromatic carbocycles. The maximum Gasteiger partial charge on any atom is 0.239 e. The highest BCUT2D eigenvalue weighted by Crippen LogP contribution is 2.63. The number of benzene rings is 4. The SMILES string of the molecule is Cc1ccc(N2C(=O)[C@@H]3[C@@H](C2=O)C2c4ccccc4C3(C=Nc3ccc(O)cc3)c3ccccc32)cc1. The van der Waals surface area contributed by atoms with Crippen LogP contribution in [0.4, 0.5) is 11.4 Å². The highest BCUT2D eigenvalue weighted by atomic mass is 16.3. The Morgan fingerprint density at radius 2 is 1.38 bits per heavy atom. The van der Waals surface area contributed by atoms with E-state index in [1.54, 1.807) is 24.3 Å². The first-order valence-electron chi connectivity index (χ1n) is 12.5. The maximum atomic E-state index is 14.3. The van der Waals surface area contributed by atoms with Crippen LogP contribution in [0.2, 0.25) is 0 Å². The minimum absolute atomic E-state index is 0.157. The second-order valence-corrected chi connectivity index (χ2v) is 10.1. The van der Waals surface area contributed by atoms with Crippen molar-refractivity contribution in [2.45, 2.75) is 18.3 Å². The molecule has 0 radical (unpaired) electrons. The van der Waals surface area contributed by atoms with Crippen molar-refractivity contribution in [1.29, 1.82) is 0 Å². The van der Waals surface area contributed by atoms with Crippen LogP contribution in [0.3, 0.4) is 0 Å². The van der Waals surface area contributed by atoms with Crippen molar-refractivity contribution in [3.63, 3.8) is 0 Å². The largest absolute Gasteiger partial charge is 0.508 e. The van der Waals surface area contributed by atoms with Gasteiger partial charge in [0.05, 0.1) is 28.6 Å². The molecule has 2 atom stereocenters. The van der Waals surface area contributed by atoms with E-state index in [1.807, 2.05) is 61.7 Å². The predicted molar refractivity (Wildman–Crippen MR) is 142 cm³/mol. The van der Waals surface area contributed by atoms with Crippen LogP contribution in [0.25, 0.3) is 0 Å². The van der Waals surface area contributed by atoms with E-state index < -0.39 is 17.3 Å². The second kappa shape index (κ2) is 7.74. The lowest BCUT2D eigenvalue weighted by Crippen LogP contribution is -2.54. The van der Waals surface area contributed by atoms with E-state index in [1.165, 1.54) is 4.90 Å². The summed E-state index contributed by atoms with van der Waals surface area (Å²) < 4.78 is 0. The minimum Gasteiger partial charge on any atom is -0.508 e. The molecule has 0 unspecified atom stereocenters. The zero-order valence-electron chi connectivity index (χ0n) is 20.2. The third-order valence-corrected chi connectivity index (χ3v) is 8.24. The van der Waals surface area contributed by atoms with Gasteiger partial charge in [-0.3, -0.25) is 14.6 Å². The molecule has 1 aliphatic heterocycles. The summed E-state index contributed by atoms with van der Waals surface area (Å²) in [5.74, 6) is -1.52. The van der Waals surface area contributed by atoms with Crippen molar-refractivity contribution < 1.29 is 14.7 Å². The fraction of sp³-hybridized carbons (Fsp3) is 0.156. The molecular weight excluding hydrogens is 460 g/mol. The van der Waals surface area contributed by atoms with E-state index in [2.05, 4.69) is 24.3 Å². The molecular formula is C32H24N2O3. The summed E-state index contributed by atoms with van der Waals surface area (Å²) in [7, 11) is 0. The molecule has 2 bridgehead atoms. The quantitative estimate of drug-likeness (QED) is 0.302. The van der Waals surface area contributed by atoms with Gasteiger partial charge in [-0.25, -0.2) is 4.90 Å². The van der Waals surface area contributed by atoms with Crippen LogP contribution in [0, 0.1) is 18.8 Å². The van der Waals surface area contributed by atoms with Gasteiger partial charge in [-0.1, -0.05) is 66.2 Å². The molecule has 5 heteroatoms. The van der Waals surface area contributed by atoms with Gasteiger partial charge in [-0.2, -0.15) is 0 Å². The van der Waals surface area contributed by atoms with Crippen LogP contribution < -0.4 is 4.90 Å². The summed E-state index contributed by atoms with van der Waals surface area (Å²) in [6, 6.07) is 30.5. The Morgan fingerprint density at radius 1 is 0.784 bits per heavy atom. The summed E-state index contributed by atoms with van der Waals surface area (Å²) in [5.41, 5.74) is 5.63. The van der Waals surface area contributed by atoms with Crippen molar-refractivity contribution >= 4 is 29.4 Å². The Morgan fingerprint density at radius 3 is 2.00 bits per heavy atom. The maximum absolute atomic E-state index is 14.3. The molecule has 4 aliphatic rings. The van der Waals surface area contributed by atoms with Crippen LogP contribution >= 0.6 is 0 Å². The van der Waals surface area contributed by atoms with Gasteiger partial charge in [0.15, 0.2) is 0 Å². The van der Waals surface area contributed by atoms with E-state index in [4.69, 9.17) is 4.99 Å². The van der Waals surface area contributed by atoms with Crippen LogP contribution in [-0.4, -0.2) is 23.1 Å². The first-order valence-corrected chi connectivity index (χ1v) is 12.5. The molecule has 2 amide bonds. The molecule has 0 saturated carbocycles. The number of imide groups is 1. The summed E-state index contributed by atoms with van der Waals surface area (Å²) in [5, 5.41) is 9.74. The lowest BCUT2D eigenvalue weighted by molar-refractivity contribution is -0.122. The molecule has 37 heavy (non-hydrogen) atoms. The molecule has 5 nitrogen and oxygen atoms in total. The molecule has 0 spiro atoms. The van der Waals surface area contributed by atoms with Gasteiger partial charge in [-0.15, -0.1) is 0 Å². The molecule has 0 aromatic heterocycles. The smallest absolute Gasteiger partial charge is 0.239 e. The van der Waals surface area contributed by atoms with Gasteiger partial charge in [0, 0.05) is 12.1 Å². The third kappa shape index (κ3) is 2.88. The molecule has 4 aromatic rings. The number of rotatable bonds is 3. The first-order chi connectivity index (χ1) is 18.0. The Bertz CT molecular complexity index is 1560. The number of aliphatic imine (C=N–C) groups is 1. The number of carbonyl (C=O) groups excluding carboxylic acids is 2. The van der Waals surface area contributed by atoms with Crippen molar-refractivity contribution in [2.24, 2.45) is 16.8 Å². The normalized spacial score (nSPS) is 25.3. The van der Waals surface area contributed by atoms with E-state index >= 15 is 0 Å². The van der Waals surface area contributed by atoms with Gasteiger partial charge < -0.3 is 5.11 Å². The molecule has 1 heterocycles. The van der Waals surface area contributed by atoms with Gasteiger partial charge in [0.1, 0.15) is 5.75 Å². The number of carbonyl (C=O) groups is 2. The molecule has 3 aliphatic carbocycles. The van der Waals surface area contributed by atoms with E-state index in [9.17, 15) is 14.7 Å². The monoisotopic (exact) mass is 484 g/mol. The Balaban J connectivity index is 1.49. The zero-order chi connectivity index (χ0) is 25.3. The third-order valence-electron chi connectivity index (χ3n) is 8.24. The number of amides is 2. The first kappa shape index (κ1) is 21.7. The second-order valence-electron chi connectivity index (χ2n) is 10.1. The van der Waals surface area contributed by atoms with Gasteiger partial charge in [-0.05, 0) is 65.6 Å². The van der Waals surface area contributed by atoms with E-state index in [0.29, 0.717) is 11.4 Å². The molecule has 1 N–H and O–H groups in total. The average Bonchev–Trinajstić information content (AvgIpc) is 3.20. The lowest BCUT2D eigenvalue weighted by atomic mass is 9.47. The standard InChI is InChI=1S/C32H24N2O3/c1-19-10-14-21(15-11-19)34-30(36)28-27-23-6-2-4-8-25(23)32(29(28)31(34)37,26-9-5-3-7-24(26)27)18-33-20-12-16-22(35)17-13-20/h2-18,27-29,35H,1H3/t27?,28-,29-,32?/m0/s1. The van der Waals surface area contributed by atoms with Crippen LogP contribution in [-0.2, 0) is 15.0 Å². The average molecular weight is 485 g/mol. The Hall–Kier alpha value is -4.51. The van der Waals surface area contributed by atoms with E-state index in [0.717, 1.165) is 27.8 Å². The van der Waals surface area contributed by atoms with Crippen molar-refractivity contribution in [3.8, 4) is 5.75 Å². The number of anilines is 1. The summed E-state index contributed by atoms with van der Waals surface area (Å²) >= 11 is 0. The van der Waals surface area contributed by atoms with Gasteiger partial charge in [0.2, 0.25) is 11.8 Å². The van der Waals surface area contributed by atoms with Crippen LogP contribution in [0.5, 0.6) is 5.75 Å². The highest BCUT2D eigenvalue weighted by Gasteiger charge is 2.67. The number of hydrogen-bond acceptors (Lipinski definition) is 4. The molecule has 1 saturated heterocycles. The minimum atomic E-state index is -0.906. The topological polar surface area (TPSA) is 70.0 Å². The Kier molecular flexibility index (Phi) is 4.55. The number of aromatic hydroxyl groups is 1. The Labute approximate surface area is 214 Å². The lowest BCUT2D eigenvalue weighted by Gasteiger charge is -2.52. The fourth-order valence-electron chi connectivity index (χ4n) is 6.71. The number of nitrogens with zero attached hydrogens (tertiary/aromatic N) is 2. The number of phenols is 1. The number of aryl methyl sites for hydroxylation is 1. The predicted octanol–water partition coefficient (Wildman–Crippen LogP) is 5.65. The zero-order valence-corrected chi connectivity index (χ0v) is 20.2. The van der Waals surface area contributed by atoms with Gasteiger partial charge >= 0.3 is 0 Å². The van der Waals surface area contributed by atoms with Crippen molar-refractivity contribution in [3.05, 3.63) is 125 Å². The number of phenolic OH excluding ortho intramolecular Hbond substituents is 1. The molecule has 8 rings (SSSR count). The highest BCUT2D eigenvalue weighted by molar-refractivity contribution is 6.25. The number of hydrogen-bond donors (Lipinski definition) is 1. The van der Waals surface area contributed by atoms with Crippen LogP contribution in [0.15, 0.2) is 102 Å². The van der Waals surface area contributed by atoms with Crippen molar-refractivity contribution in [2.75, 3.05) is 4.90 Å². The summed E-state index contributed by atoms with van der Waals surface area (Å²) in [6.07, 6.45) is 1.87. The molecule has 180 valence electrons. The van der Waals surface area contributed by atoms with E-state index in [-0.39, 0.29) is 23.5 Å². The summed E-state index contributed by atoms with van der Waals surface area (Å²) in [4.78, 5) is 34.7. The molecule has 1 fully saturated rings. The van der Waals surface area contributed by atoms with Gasteiger partial charge in [0.25, 0.3) is 0 Å². The van der Waals surface area contributed by atoms with Crippen LogP contribution in [0.1, 0.15) is 33.7 Å². The summed E-state index contributed by atoms with van der Waals surface area (Å²) in [6.45, 7) is 1.99. The van der Waals surface area contributed by atoms with Crippen molar-refractivity contribution in [1.82, 2.24) is 0 Å².